The molecule has 17 heavy (non-hydrogen) atoms. The van der Waals surface area contributed by atoms with Crippen molar-refractivity contribution in [3.05, 3.63) is 30.3 Å². The molecule has 6 heteroatoms. The van der Waals surface area contributed by atoms with E-state index in [1.807, 2.05) is 35.2 Å². The Hall–Kier alpha value is -1.11. The molecule has 0 saturated heterocycles. The average molecular weight is 259 g/mol. The van der Waals surface area contributed by atoms with Crippen molar-refractivity contribution in [2.75, 3.05) is 19.0 Å². The van der Waals surface area contributed by atoms with Gasteiger partial charge in [-0.3, -0.25) is 4.84 Å². The lowest BCUT2D eigenvalue weighted by atomic mass is 10.3. The molecule has 1 aromatic carbocycles. The molecule has 0 atom stereocenters. The van der Waals surface area contributed by atoms with Gasteiger partial charge in [0.1, 0.15) is 19.0 Å². The summed E-state index contributed by atoms with van der Waals surface area (Å²) in [6.07, 6.45) is 0.555. The van der Waals surface area contributed by atoms with Crippen molar-refractivity contribution < 1.29 is 18.0 Å². The lowest BCUT2D eigenvalue weighted by Gasteiger charge is -2.07. The maximum absolute atomic E-state index is 11.2. The van der Waals surface area contributed by atoms with Gasteiger partial charge in [0.2, 0.25) is 10.0 Å². The number of para-hydroxylation sites is 1. The van der Waals surface area contributed by atoms with Crippen LogP contribution >= 0.6 is 0 Å². The molecule has 0 aliphatic carbocycles. The van der Waals surface area contributed by atoms with Gasteiger partial charge in [0.05, 0.1) is 5.75 Å². The molecule has 0 spiro atoms. The lowest BCUT2D eigenvalue weighted by molar-refractivity contribution is 0.0666. The zero-order chi connectivity index (χ0) is 12.6. The summed E-state index contributed by atoms with van der Waals surface area (Å²) in [7, 11) is -3.30. The Labute approximate surface area is 102 Å². The minimum Gasteiger partial charge on any atom is -0.491 e. The molecule has 1 aromatic rings. The molecule has 0 aromatic heterocycles. The Morgan fingerprint density at radius 1 is 1.18 bits per heavy atom. The van der Waals surface area contributed by atoms with Crippen molar-refractivity contribution in [3.8, 4) is 5.75 Å². The Morgan fingerprint density at radius 2 is 1.88 bits per heavy atom. The van der Waals surface area contributed by atoms with E-state index >= 15 is 0 Å². The second kappa shape index (κ2) is 7.26. The van der Waals surface area contributed by atoms with Crippen LogP contribution in [0.1, 0.15) is 13.3 Å². The van der Waals surface area contributed by atoms with Gasteiger partial charge in [0.25, 0.3) is 0 Å². The van der Waals surface area contributed by atoms with Crippen molar-refractivity contribution in [2.45, 2.75) is 13.3 Å². The largest absolute Gasteiger partial charge is 0.491 e. The van der Waals surface area contributed by atoms with E-state index in [4.69, 9.17) is 9.57 Å². The Bertz CT molecular complexity index is 405. The first-order valence-corrected chi connectivity index (χ1v) is 7.08. The molecule has 1 rings (SSSR count). The summed E-state index contributed by atoms with van der Waals surface area (Å²) < 4.78 is 27.7. The summed E-state index contributed by atoms with van der Waals surface area (Å²) in [5.41, 5.74) is 0. The zero-order valence-electron chi connectivity index (χ0n) is 9.76. The maximum atomic E-state index is 11.2. The molecule has 0 amide bonds. The van der Waals surface area contributed by atoms with E-state index < -0.39 is 10.0 Å². The molecule has 0 heterocycles. The number of rotatable bonds is 8. The van der Waals surface area contributed by atoms with Crippen molar-refractivity contribution in [1.29, 1.82) is 0 Å². The smallest absolute Gasteiger partial charge is 0.233 e. The van der Waals surface area contributed by atoms with Crippen LogP contribution in [0.4, 0.5) is 0 Å². The normalized spacial score (nSPS) is 11.4. The number of sulfonamides is 1. The van der Waals surface area contributed by atoms with Crippen LogP contribution in [0.5, 0.6) is 5.75 Å². The van der Waals surface area contributed by atoms with Crippen LogP contribution in [-0.2, 0) is 14.9 Å². The van der Waals surface area contributed by atoms with Crippen LogP contribution < -0.4 is 9.62 Å². The SMILES string of the molecule is CCCS(=O)(=O)NOCCOc1ccccc1. The quantitative estimate of drug-likeness (QED) is 0.565. The third kappa shape index (κ3) is 6.25. The highest BCUT2D eigenvalue weighted by Crippen LogP contribution is 2.07. The molecule has 0 aliphatic rings. The van der Waals surface area contributed by atoms with E-state index in [1.54, 1.807) is 6.92 Å². The minimum absolute atomic E-state index is 0.0620. The fourth-order valence-corrected chi connectivity index (χ4v) is 2.04. The van der Waals surface area contributed by atoms with Crippen LogP contribution in [0.3, 0.4) is 0 Å². The predicted molar refractivity (Wildman–Crippen MR) is 65.1 cm³/mol. The van der Waals surface area contributed by atoms with Crippen molar-refractivity contribution in [1.82, 2.24) is 4.89 Å². The molecule has 0 radical (unpaired) electrons. The van der Waals surface area contributed by atoms with Gasteiger partial charge in [-0.1, -0.05) is 30.0 Å². The summed E-state index contributed by atoms with van der Waals surface area (Å²) in [5.74, 6) is 0.791. The van der Waals surface area contributed by atoms with E-state index in [2.05, 4.69) is 0 Å². The Kier molecular flexibility index (Phi) is 5.96. The van der Waals surface area contributed by atoms with Gasteiger partial charge in [-0.05, 0) is 18.6 Å². The standard InChI is InChI=1S/C11H17NO4S/c1-2-10-17(13,14)12-16-9-8-15-11-6-4-3-5-7-11/h3-7,12H,2,8-10H2,1H3. The predicted octanol–water partition coefficient (Wildman–Crippen LogP) is 1.33. The van der Waals surface area contributed by atoms with Crippen molar-refractivity contribution >= 4 is 10.0 Å². The van der Waals surface area contributed by atoms with Gasteiger partial charge in [-0.2, -0.15) is 0 Å². The van der Waals surface area contributed by atoms with Gasteiger partial charge in [-0.15, -0.1) is 0 Å². The van der Waals surface area contributed by atoms with E-state index in [1.165, 1.54) is 0 Å². The van der Waals surface area contributed by atoms with Crippen LogP contribution in [0.2, 0.25) is 0 Å². The van der Waals surface area contributed by atoms with Crippen molar-refractivity contribution in [2.24, 2.45) is 0 Å². The van der Waals surface area contributed by atoms with Crippen LogP contribution in [0, 0.1) is 0 Å². The van der Waals surface area contributed by atoms with Crippen LogP contribution in [0.25, 0.3) is 0 Å². The summed E-state index contributed by atoms with van der Waals surface area (Å²) in [6.45, 7) is 2.24. The van der Waals surface area contributed by atoms with Crippen LogP contribution in [-0.4, -0.2) is 27.4 Å². The second-order valence-electron chi connectivity index (χ2n) is 3.41. The number of ether oxygens (including phenoxy) is 1. The number of benzene rings is 1. The summed E-state index contributed by atoms with van der Waals surface area (Å²) in [4.78, 5) is 6.85. The molecular weight excluding hydrogens is 242 g/mol. The lowest BCUT2D eigenvalue weighted by Crippen LogP contribution is -2.28. The average Bonchev–Trinajstić information content (AvgIpc) is 2.30. The molecule has 0 fully saturated rings. The van der Waals surface area contributed by atoms with E-state index in [9.17, 15) is 8.42 Å². The van der Waals surface area contributed by atoms with Gasteiger partial charge in [0, 0.05) is 0 Å². The monoisotopic (exact) mass is 259 g/mol. The molecule has 0 aliphatic heterocycles. The third-order valence-electron chi connectivity index (χ3n) is 1.86. The van der Waals surface area contributed by atoms with Gasteiger partial charge in [-0.25, -0.2) is 8.42 Å². The number of hydrogen-bond donors (Lipinski definition) is 1. The van der Waals surface area contributed by atoms with E-state index in [0.717, 1.165) is 5.75 Å². The molecule has 0 bridgehead atoms. The first-order chi connectivity index (χ1) is 8.14. The topological polar surface area (TPSA) is 64.6 Å². The fourth-order valence-electron chi connectivity index (χ4n) is 1.16. The zero-order valence-corrected chi connectivity index (χ0v) is 10.6. The molecular formula is C11H17NO4S. The van der Waals surface area contributed by atoms with Gasteiger partial charge >= 0.3 is 0 Å². The third-order valence-corrected chi connectivity index (χ3v) is 3.17. The maximum Gasteiger partial charge on any atom is 0.233 e. The molecule has 1 N–H and O–H groups in total. The van der Waals surface area contributed by atoms with E-state index in [0.29, 0.717) is 13.0 Å². The number of nitrogens with one attached hydrogen (secondary N) is 1. The van der Waals surface area contributed by atoms with Crippen LogP contribution in [0.15, 0.2) is 30.3 Å². The van der Waals surface area contributed by atoms with Crippen molar-refractivity contribution in [3.63, 3.8) is 0 Å². The fraction of sp³-hybridized carbons (Fsp3) is 0.455. The summed E-state index contributed by atoms with van der Waals surface area (Å²) in [5, 5.41) is 0. The molecule has 0 unspecified atom stereocenters. The highest BCUT2D eigenvalue weighted by atomic mass is 32.2. The van der Waals surface area contributed by atoms with E-state index in [-0.39, 0.29) is 12.4 Å². The molecule has 96 valence electrons. The van der Waals surface area contributed by atoms with Gasteiger partial charge < -0.3 is 4.74 Å². The van der Waals surface area contributed by atoms with Gasteiger partial charge in [0.15, 0.2) is 0 Å². The first-order valence-electron chi connectivity index (χ1n) is 5.43. The summed E-state index contributed by atoms with van der Waals surface area (Å²) in [6, 6.07) is 9.26. The highest BCUT2D eigenvalue weighted by molar-refractivity contribution is 7.89. The highest BCUT2D eigenvalue weighted by Gasteiger charge is 2.07. The molecule has 5 nitrogen and oxygen atoms in total. The Morgan fingerprint density at radius 3 is 2.53 bits per heavy atom. The second-order valence-corrected chi connectivity index (χ2v) is 5.22. The first kappa shape index (κ1) is 14.0. The Balaban J connectivity index is 2.13. The minimum atomic E-state index is -3.30. The summed E-state index contributed by atoms with van der Waals surface area (Å²) >= 11 is 0. The molecule has 0 saturated carbocycles. The number of hydrogen-bond acceptors (Lipinski definition) is 4.